The quantitative estimate of drug-likeness (QED) is 0.595. The minimum atomic E-state index is -4.68. The Kier molecular flexibility index (Phi) is 7.09. The van der Waals surface area contributed by atoms with Crippen LogP contribution in [0.5, 0.6) is 0 Å². The van der Waals surface area contributed by atoms with E-state index in [2.05, 4.69) is 0 Å². The minimum absolute atomic E-state index is 0.0263. The number of nitrogens with zero attached hydrogens (tertiary/aromatic N) is 2. The third-order valence-electron chi connectivity index (χ3n) is 7.77. The highest BCUT2D eigenvalue weighted by molar-refractivity contribution is 7.90. The smallest absolute Gasteiger partial charge is 0.381 e. The first kappa shape index (κ1) is 26.1. The number of amides is 1. The fraction of sp³-hybridized carbons (Fsp3) is 0.680. The van der Waals surface area contributed by atoms with Crippen LogP contribution in [0.4, 0.5) is 13.2 Å². The number of fused-ring (bicyclic) bond motifs is 1. The number of sulfone groups is 1. The van der Waals surface area contributed by atoms with Crippen molar-refractivity contribution in [1.29, 1.82) is 0 Å². The van der Waals surface area contributed by atoms with E-state index in [1.165, 1.54) is 0 Å². The summed E-state index contributed by atoms with van der Waals surface area (Å²) in [7, 11) is -3.86. The van der Waals surface area contributed by atoms with Gasteiger partial charge >= 0.3 is 6.18 Å². The Hall–Kier alpha value is -1.94. The molecular formula is C25H33F3N2O4S. The number of aliphatic imine (C=N–C) groups is 1. The van der Waals surface area contributed by atoms with Gasteiger partial charge in [0.1, 0.15) is 0 Å². The Morgan fingerprint density at radius 2 is 1.89 bits per heavy atom. The molecule has 1 amide bonds. The van der Waals surface area contributed by atoms with E-state index < -0.39 is 27.0 Å². The summed E-state index contributed by atoms with van der Waals surface area (Å²) in [5, 5.41) is 0. The van der Waals surface area contributed by atoms with Crippen molar-refractivity contribution in [2.45, 2.75) is 76.0 Å². The zero-order valence-corrected chi connectivity index (χ0v) is 21.3. The second kappa shape index (κ2) is 9.50. The van der Waals surface area contributed by atoms with Gasteiger partial charge in [0.05, 0.1) is 21.9 Å². The molecule has 0 aromatic heterocycles. The Labute approximate surface area is 204 Å². The fourth-order valence-electron chi connectivity index (χ4n) is 5.66. The van der Waals surface area contributed by atoms with Gasteiger partial charge < -0.3 is 9.64 Å². The standard InChI is InChI=1S/C25H33F3N2O4S/c1-16(2)24(8-4-20(14-24)29-19-6-10-34-11-7-19)23(31)30-9-5-21-17(15-30)12-18(25(26,27)28)13-22(21)35(3,32)33/h12-13,16,19H,4-11,14-15H2,1-3H3/t24-/m0/s1. The highest BCUT2D eigenvalue weighted by atomic mass is 32.2. The fourth-order valence-corrected chi connectivity index (χ4v) is 6.68. The van der Waals surface area contributed by atoms with Crippen molar-refractivity contribution in [3.8, 4) is 0 Å². The van der Waals surface area contributed by atoms with Crippen molar-refractivity contribution in [3.05, 3.63) is 28.8 Å². The molecule has 0 N–H and O–H groups in total. The van der Waals surface area contributed by atoms with E-state index in [1.54, 1.807) is 4.90 Å². The summed E-state index contributed by atoms with van der Waals surface area (Å²) in [5.74, 6) is -0.0412. The second-order valence-corrected chi connectivity index (χ2v) is 12.4. The van der Waals surface area contributed by atoms with Crippen LogP contribution in [0.3, 0.4) is 0 Å². The molecule has 2 aliphatic heterocycles. The Balaban J connectivity index is 1.62. The summed E-state index contributed by atoms with van der Waals surface area (Å²) >= 11 is 0. The lowest BCUT2D eigenvalue weighted by Crippen LogP contribution is -2.47. The predicted molar refractivity (Wildman–Crippen MR) is 126 cm³/mol. The molecule has 1 saturated carbocycles. The third kappa shape index (κ3) is 5.28. The van der Waals surface area contributed by atoms with Crippen LogP contribution in [0.25, 0.3) is 0 Å². The zero-order chi connectivity index (χ0) is 25.6. The average Bonchev–Trinajstić information content (AvgIpc) is 3.22. The first-order chi connectivity index (χ1) is 16.3. The van der Waals surface area contributed by atoms with E-state index >= 15 is 0 Å². The first-order valence-electron chi connectivity index (χ1n) is 12.2. The number of rotatable bonds is 4. The zero-order valence-electron chi connectivity index (χ0n) is 20.5. The molecule has 0 spiro atoms. The summed E-state index contributed by atoms with van der Waals surface area (Å²) in [6.45, 7) is 5.66. The van der Waals surface area contributed by atoms with Gasteiger partial charge in [-0.15, -0.1) is 0 Å². The van der Waals surface area contributed by atoms with Crippen molar-refractivity contribution >= 4 is 21.5 Å². The van der Waals surface area contributed by atoms with Crippen molar-refractivity contribution in [3.63, 3.8) is 0 Å². The molecule has 6 nitrogen and oxygen atoms in total. The molecule has 4 rings (SSSR count). The molecule has 1 saturated heterocycles. The lowest BCUT2D eigenvalue weighted by atomic mass is 9.74. The number of halogens is 3. The van der Waals surface area contributed by atoms with Crippen molar-refractivity contribution in [2.24, 2.45) is 16.3 Å². The average molecular weight is 515 g/mol. The Bertz CT molecular complexity index is 1120. The van der Waals surface area contributed by atoms with Crippen LogP contribution in [0, 0.1) is 11.3 Å². The maximum atomic E-state index is 13.9. The molecular weight excluding hydrogens is 481 g/mol. The maximum absolute atomic E-state index is 13.9. The molecule has 2 fully saturated rings. The minimum Gasteiger partial charge on any atom is -0.381 e. The summed E-state index contributed by atoms with van der Waals surface area (Å²) < 4.78 is 70.6. The topological polar surface area (TPSA) is 76.0 Å². The monoisotopic (exact) mass is 514 g/mol. The summed E-state index contributed by atoms with van der Waals surface area (Å²) in [4.78, 5) is 20.1. The normalized spacial score (nSPS) is 25.3. The second-order valence-electron chi connectivity index (χ2n) is 10.4. The first-order valence-corrected chi connectivity index (χ1v) is 14.1. The van der Waals surface area contributed by atoms with E-state index in [1.807, 2.05) is 13.8 Å². The predicted octanol–water partition coefficient (Wildman–Crippen LogP) is 4.44. The number of carbonyl (C=O) groups excluding carboxylic acids is 1. The molecule has 0 unspecified atom stereocenters. The van der Waals surface area contributed by atoms with Gasteiger partial charge in [-0.1, -0.05) is 13.8 Å². The number of hydrogen-bond donors (Lipinski definition) is 0. The van der Waals surface area contributed by atoms with E-state index in [4.69, 9.17) is 9.73 Å². The molecule has 1 aromatic carbocycles. The highest BCUT2D eigenvalue weighted by Crippen LogP contribution is 2.46. The van der Waals surface area contributed by atoms with Crippen molar-refractivity contribution in [1.82, 2.24) is 4.90 Å². The number of carbonyl (C=O) groups is 1. The largest absolute Gasteiger partial charge is 0.416 e. The molecule has 1 aromatic rings. The molecule has 194 valence electrons. The summed E-state index contributed by atoms with van der Waals surface area (Å²) in [6.07, 6.45) is 0.152. The van der Waals surface area contributed by atoms with Crippen LogP contribution in [-0.2, 0) is 38.5 Å². The van der Waals surface area contributed by atoms with Gasteiger partial charge in [-0.25, -0.2) is 8.42 Å². The van der Waals surface area contributed by atoms with Gasteiger partial charge in [-0.3, -0.25) is 9.79 Å². The van der Waals surface area contributed by atoms with Gasteiger partial charge in [0.2, 0.25) is 5.91 Å². The molecule has 10 heteroatoms. The van der Waals surface area contributed by atoms with Crippen molar-refractivity contribution in [2.75, 3.05) is 26.0 Å². The van der Waals surface area contributed by atoms with Gasteiger partial charge in [-0.05, 0) is 67.7 Å². The Morgan fingerprint density at radius 1 is 1.20 bits per heavy atom. The van der Waals surface area contributed by atoms with E-state index in [9.17, 15) is 26.4 Å². The third-order valence-corrected chi connectivity index (χ3v) is 8.94. The van der Waals surface area contributed by atoms with Crippen molar-refractivity contribution < 1.29 is 31.1 Å². The molecule has 0 radical (unpaired) electrons. The van der Waals surface area contributed by atoms with Gasteiger partial charge in [-0.2, -0.15) is 13.2 Å². The van der Waals surface area contributed by atoms with Crippen LogP contribution >= 0.6 is 0 Å². The van der Waals surface area contributed by atoms with Crippen LogP contribution in [0.2, 0.25) is 0 Å². The van der Waals surface area contributed by atoms with Crippen LogP contribution < -0.4 is 0 Å². The van der Waals surface area contributed by atoms with Gasteiger partial charge in [0, 0.05) is 38.3 Å². The van der Waals surface area contributed by atoms with Gasteiger partial charge in [0.25, 0.3) is 0 Å². The SMILES string of the molecule is CC(C)[C@]1(C(=O)N2CCc3c(cc(C(F)(F)F)cc3S(C)(=O)=O)C2)CCC(=NC2CCOCC2)C1. The van der Waals surface area contributed by atoms with Crippen LogP contribution in [0.1, 0.15) is 62.6 Å². The molecule has 0 bridgehead atoms. The molecule has 35 heavy (non-hydrogen) atoms. The highest BCUT2D eigenvalue weighted by Gasteiger charge is 2.49. The molecule has 3 aliphatic rings. The van der Waals surface area contributed by atoms with E-state index in [0.717, 1.165) is 43.4 Å². The number of alkyl halides is 3. The lowest BCUT2D eigenvalue weighted by molar-refractivity contribution is -0.145. The van der Waals surface area contributed by atoms with Crippen LogP contribution in [0.15, 0.2) is 22.0 Å². The maximum Gasteiger partial charge on any atom is 0.416 e. The number of ether oxygens (including phenoxy) is 1. The molecule has 2 heterocycles. The molecule has 1 aliphatic carbocycles. The van der Waals surface area contributed by atoms with E-state index in [0.29, 0.717) is 31.6 Å². The molecule has 1 atom stereocenters. The number of benzene rings is 1. The Morgan fingerprint density at radius 3 is 2.49 bits per heavy atom. The van der Waals surface area contributed by atoms with Crippen LogP contribution in [-0.4, -0.2) is 57.0 Å². The summed E-state index contributed by atoms with van der Waals surface area (Å²) in [6, 6.07) is 1.93. The lowest BCUT2D eigenvalue weighted by Gasteiger charge is -2.39. The summed E-state index contributed by atoms with van der Waals surface area (Å²) in [5.41, 5.74) is 0.0264. The number of hydrogen-bond acceptors (Lipinski definition) is 5. The van der Waals surface area contributed by atoms with Gasteiger partial charge in [0.15, 0.2) is 9.84 Å². The van der Waals surface area contributed by atoms with E-state index in [-0.39, 0.29) is 47.8 Å².